The van der Waals surface area contributed by atoms with E-state index in [9.17, 15) is 18.5 Å². The highest BCUT2D eigenvalue weighted by atomic mass is 32.2. The van der Waals surface area contributed by atoms with E-state index in [1.807, 2.05) is 17.5 Å². The first kappa shape index (κ1) is 20.3. The smallest absolute Gasteiger partial charge is 0.270 e. The number of hydrogen-bond acceptors (Lipinski definition) is 8. The van der Waals surface area contributed by atoms with Gasteiger partial charge < -0.3 is 4.74 Å². The molecule has 3 rings (SSSR count). The van der Waals surface area contributed by atoms with Crippen molar-refractivity contribution in [2.24, 2.45) is 5.10 Å². The molecule has 1 aromatic heterocycles. The van der Waals surface area contributed by atoms with Gasteiger partial charge in [0.2, 0.25) is 0 Å². The highest BCUT2D eigenvalue weighted by Gasteiger charge is 2.22. The van der Waals surface area contributed by atoms with Crippen molar-refractivity contribution in [2.75, 3.05) is 17.3 Å². The van der Waals surface area contributed by atoms with Crippen molar-refractivity contribution in [2.45, 2.75) is 4.90 Å². The first-order chi connectivity index (χ1) is 13.9. The number of anilines is 2. The lowest BCUT2D eigenvalue weighted by Gasteiger charge is -2.12. The lowest BCUT2D eigenvalue weighted by atomic mass is 10.3. The predicted molar refractivity (Wildman–Crippen MR) is 112 cm³/mol. The molecule has 0 aliphatic heterocycles. The largest absolute Gasteiger partial charge is 0.497 e. The van der Waals surface area contributed by atoms with Crippen LogP contribution in [0.25, 0.3) is 0 Å². The number of nitrogens with zero attached hydrogens (tertiary/aromatic N) is 2. The van der Waals surface area contributed by atoms with Gasteiger partial charge in [-0.2, -0.15) is 5.10 Å². The zero-order chi connectivity index (χ0) is 20.9. The van der Waals surface area contributed by atoms with Crippen LogP contribution in [-0.2, 0) is 10.0 Å². The van der Waals surface area contributed by atoms with E-state index in [0.717, 1.165) is 10.9 Å². The first-order valence-electron chi connectivity index (χ1n) is 8.17. The number of methoxy groups -OCH3 is 1. The van der Waals surface area contributed by atoms with Crippen LogP contribution in [0.5, 0.6) is 5.75 Å². The monoisotopic (exact) mass is 432 g/mol. The average Bonchev–Trinajstić information content (AvgIpc) is 3.22. The van der Waals surface area contributed by atoms with E-state index >= 15 is 0 Å². The zero-order valence-corrected chi connectivity index (χ0v) is 16.7. The van der Waals surface area contributed by atoms with Crippen molar-refractivity contribution in [3.8, 4) is 5.75 Å². The minimum Gasteiger partial charge on any atom is -0.497 e. The van der Waals surface area contributed by atoms with E-state index in [1.54, 1.807) is 12.1 Å². The van der Waals surface area contributed by atoms with Gasteiger partial charge in [-0.25, -0.2) is 8.42 Å². The van der Waals surface area contributed by atoms with Crippen LogP contribution in [0, 0.1) is 10.1 Å². The average molecular weight is 432 g/mol. The Balaban J connectivity index is 1.92. The van der Waals surface area contributed by atoms with E-state index in [4.69, 9.17) is 4.74 Å². The number of nitro groups is 1. The minimum atomic E-state index is -4.13. The third-order valence-corrected chi connectivity index (χ3v) is 5.96. The molecular weight excluding hydrogens is 416 g/mol. The molecule has 0 fully saturated rings. The SMILES string of the molecule is COc1ccc(NS(=O)(=O)c2cc([N+](=O)[O-])ccc2N/N=C/c2cccs2)cc1. The summed E-state index contributed by atoms with van der Waals surface area (Å²) in [4.78, 5) is 11.0. The van der Waals surface area contributed by atoms with Gasteiger partial charge in [-0.15, -0.1) is 11.3 Å². The number of hydrazone groups is 1. The van der Waals surface area contributed by atoms with Gasteiger partial charge in [0, 0.05) is 22.7 Å². The molecule has 0 spiro atoms. The van der Waals surface area contributed by atoms with E-state index in [0.29, 0.717) is 5.75 Å². The van der Waals surface area contributed by atoms with Crippen LogP contribution >= 0.6 is 11.3 Å². The second-order valence-corrected chi connectivity index (χ2v) is 8.29. The Morgan fingerprint density at radius 3 is 2.55 bits per heavy atom. The fraction of sp³-hybridized carbons (Fsp3) is 0.0556. The van der Waals surface area contributed by atoms with Crippen molar-refractivity contribution < 1.29 is 18.1 Å². The second-order valence-electron chi connectivity index (χ2n) is 5.66. The zero-order valence-electron chi connectivity index (χ0n) is 15.1. The quantitative estimate of drug-likeness (QED) is 0.316. The molecule has 0 saturated heterocycles. The van der Waals surface area contributed by atoms with Crippen LogP contribution in [0.15, 0.2) is 70.0 Å². The summed E-state index contributed by atoms with van der Waals surface area (Å²) >= 11 is 1.46. The van der Waals surface area contributed by atoms with Crippen LogP contribution in [-0.4, -0.2) is 26.7 Å². The Morgan fingerprint density at radius 1 is 1.17 bits per heavy atom. The summed E-state index contributed by atoms with van der Waals surface area (Å²) in [6, 6.07) is 13.4. The molecule has 0 radical (unpaired) electrons. The highest BCUT2D eigenvalue weighted by Crippen LogP contribution is 2.28. The van der Waals surface area contributed by atoms with Crippen LogP contribution in [0.3, 0.4) is 0 Å². The maximum atomic E-state index is 12.9. The van der Waals surface area contributed by atoms with E-state index in [-0.39, 0.29) is 22.0 Å². The number of non-ortho nitro benzene ring substituents is 1. The molecular formula is C18H16N4O5S2. The molecule has 0 aliphatic rings. The van der Waals surface area contributed by atoms with E-state index in [2.05, 4.69) is 15.2 Å². The van der Waals surface area contributed by atoms with Crippen molar-refractivity contribution >= 4 is 44.6 Å². The van der Waals surface area contributed by atoms with Crippen molar-refractivity contribution in [3.05, 3.63) is 75.0 Å². The molecule has 3 aromatic rings. The molecule has 2 aromatic carbocycles. The third-order valence-electron chi connectivity index (χ3n) is 3.73. The number of hydrogen-bond donors (Lipinski definition) is 2. The number of sulfonamides is 1. The summed E-state index contributed by atoms with van der Waals surface area (Å²) in [6.07, 6.45) is 1.53. The number of nitrogens with one attached hydrogen (secondary N) is 2. The summed E-state index contributed by atoms with van der Waals surface area (Å²) < 4.78 is 33.2. The predicted octanol–water partition coefficient (Wildman–Crippen LogP) is 3.91. The topological polar surface area (TPSA) is 123 Å². The number of benzene rings is 2. The van der Waals surface area contributed by atoms with Gasteiger partial charge in [-0.3, -0.25) is 20.3 Å². The summed E-state index contributed by atoms with van der Waals surface area (Å²) in [5.74, 6) is 0.563. The molecule has 0 atom stereocenters. The number of nitro benzene ring substituents is 1. The molecule has 150 valence electrons. The van der Waals surface area contributed by atoms with Gasteiger partial charge >= 0.3 is 0 Å². The van der Waals surface area contributed by atoms with E-state index < -0.39 is 14.9 Å². The number of ether oxygens (including phenoxy) is 1. The van der Waals surface area contributed by atoms with Gasteiger partial charge in [-0.1, -0.05) is 6.07 Å². The van der Waals surface area contributed by atoms with Crippen LogP contribution in [0.4, 0.5) is 17.1 Å². The molecule has 29 heavy (non-hydrogen) atoms. The van der Waals surface area contributed by atoms with Gasteiger partial charge in [0.15, 0.2) is 0 Å². The Hall–Kier alpha value is -3.44. The molecule has 2 N–H and O–H groups in total. The van der Waals surface area contributed by atoms with Gasteiger partial charge in [-0.05, 0) is 41.8 Å². The molecule has 1 heterocycles. The Bertz CT molecular complexity index is 1130. The third kappa shape index (κ3) is 5.09. The maximum Gasteiger partial charge on any atom is 0.270 e. The Kier molecular flexibility index (Phi) is 6.10. The molecule has 0 aliphatic carbocycles. The van der Waals surface area contributed by atoms with Crippen LogP contribution in [0.2, 0.25) is 0 Å². The minimum absolute atomic E-state index is 0.101. The molecule has 9 nitrogen and oxygen atoms in total. The second kappa shape index (κ2) is 8.71. The van der Waals surface area contributed by atoms with Crippen LogP contribution in [0.1, 0.15) is 4.88 Å². The molecule has 0 unspecified atom stereocenters. The molecule has 11 heteroatoms. The fourth-order valence-corrected chi connectivity index (χ4v) is 4.16. The normalized spacial score (nSPS) is 11.3. The number of rotatable bonds is 8. The molecule has 0 saturated carbocycles. The summed E-state index contributed by atoms with van der Waals surface area (Å²) in [6.45, 7) is 0. The van der Waals surface area contributed by atoms with Crippen molar-refractivity contribution in [3.63, 3.8) is 0 Å². The lowest BCUT2D eigenvalue weighted by Crippen LogP contribution is -2.15. The van der Waals surface area contributed by atoms with Crippen LogP contribution < -0.4 is 14.9 Å². The molecule has 0 amide bonds. The number of thiophene rings is 1. The van der Waals surface area contributed by atoms with Crippen molar-refractivity contribution in [1.82, 2.24) is 0 Å². The maximum absolute atomic E-state index is 12.9. The Labute approximate surface area is 170 Å². The lowest BCUT2D eigenvalue weighted by molar-refractivity contribution is -0.385. The highest BCUT2D eigenvalue weighted by molar-refractivity contribution is 7.92. The van der Waals surface area contributed by atoms with Gasteiger partial charge in [0.05, 0.1) is 23.9 Å². The van der Waals surface area contributed by atoms with Crippen molar-refractivity contribution in [1.29, 1.82) is 0 Å². The molecule has 0 bridgehead atoms. The fourth-order valence-electron chi connectivity index (χ4n) is 2.34. The summed E-state index contributed by atoms with van der Waals surface area (Å²) in [7, 11) is -2.64. The summed E-state index contributed by atoms with van der Waals surface area (Å²) in [5, 5.41) is 17.0. The van der Waals surface area contributed by atoms with Gasteiger partial charge in [0.1, 0.15) is 10.6 Å². The Morgan fingerprint density at radius 2 is 1.93 bits per heavy atom. The first-order valence-corrected chi connectivity index (χ1v) is 10.5. The summed E-state index contributed by atoms with van der Waals surface area (Å²) in [5.41, 5.74) is 2.67. The van der Waals surface area contributed by atoms with E-state index in [1.165, 1.54) is 48.9 Å². The standard InChI is InChI=1S/C18H16N4O5S2/c1-27-15-7-4-13(5-8-15)21-29(25,26)18-11-14(22(23)24)6-9-17(18)20-19-12-16-3-2-10-28-16/h2-12,20-21H,1H3/b19-12+. The van der Waals surface area contributed by atoms with Gasteiger partial charge in [0.25, 0.3) is 15.7 Å².